The van der Waals surface area contributed by atoms with Gasteiger partial charge in [-0.25, -0.2) is 8.39 Å². The summed E-state index contributed by atoms with van der Waals surface area (Å²) in [6, 6.07) is 0. The maximum absolute atomic E-state index is 12.2. The summed E-state index contributed by atoms with van der Waals surface area (Å²) in [6.07, 6.45) is 0. The SMILES string of the molecule is FP(=S)([S-])SP(F)(=S)[S-]. The third-order valence-corrected chi connectivity index (χ3v) is 12.5. The molecular weight excluding hydrogens is 260 g/mol. The fourth-order valence-electron chi connectivity index (χ4n) is 0.116. The molecule has 0 amide bonds. The fourth-order valence-corrected chi connectivity index (χ4v) is 17.6. The van der Waals surface area contributed by atoms with E-state index in [2.05, 4.69) is 48.1 Å². The smallest absolute Gasteiger partial charge is 0.0473 e. The van der Waals surface area contributed by atoms with Crippen molar-refractivity contribution in [3.63, 3.8) is 0 Å². The molecule has 0 nitrogen and oxygen atoms in total. The van der Waals surface area contributed by atoms with E-state index in [0.717, 1.165) is 0 Å². The predicted octanol–water partition coefficient (Wildman–Crippen LogP) is 3.20. The van der Waals surface area contributed by atoms with Crippen LogP contribution in [0.4, 0.5) is 8.39 Å². The van der Waals surface area contributed by atoms with Crippen molar-refractivity contribution in [1.82, 2.24) is 0 Å². The summed E-state index contributed by atoms with van der Waals surface area (Å²) in [5.41, 5.74) is 0. The molecule has 0 aliphatic rings. The largest absolute Gasteiger partial charge is 0.703 e. The summed E-state index contributed by atoms with van der Waals surface area (Å²) < 4.78 is 17.5. The van der Waals surface area contributed by atoms with Crippen LogP contribution in [0.15, 0.2) is 0 Å². The lowest BCUT2D eigenvalue weighted by Crippen LogP contribution is -1.54. The van der Waals surface area contributed by atoms with Crippen LogP contribution in [0.1, 0.15) is 0 Å². The van der Waals surface area contributed by atoms with E-state index in [4.69, 9.17) is 0 Å². The second kappa shape index (κ2) is 3.74. The van der Waals surface area contributed by atoms with E-state index in [1.807, 2.05) is 0 Å². The molecule has 0 aliphatic carbocycles. The summed E-state index contributed by atoms with van der Waals surface area (Å²) in [7, 11) is 0. The molecule has 0 rings (SSSR count). The second-order valence-electron chi connectivity index (χ2n) is 0.943. The van der Waals surface area contributed by atoms with Crippen LogP contribution in [0.2, 0.25) is 0 Å². The maximum Gasteiger partial charge on any atom is 0.0473 e. The van der Waals surface area contributed by atoms with Gasteiger partial charge in [-0.05, 0) is 0 Å². The topological polar surface area (TPSA) is 0 Å². The molecule has 0 aliphatic heterocycles. The Labute approximate surface area is 76.6 Å². The van der Waals surface area contributed by atoms with E-state index < -0.39 is 9.50 Å². The van der Waals surface area contributed by atoms with Crippen molar-refractivity contribution < 1.29 is 8.39 Å². The van der Waals surface area contributed by atoms with E-state index >= 15 is 0 Å². The zero-order valence-corrected chi connectivity index (χ0v) is 9.56. The highest BCUT2D eigenvalue weighted by atomic mass is 33.5. The van der Waals surface area contributed by atoms with Gasteiger partial charge in [0.2, 0.25) is 0 Å². The summed E-state index contributed by atoms with van der Waals surface area (Å²) in [6.45, 7) is 0. The van der Waals surface area contributed by atoms with Crippen molar-refractivity contribution in [3.8, 4) is 0 Å². The van der Waals surface area contributed by atoms with Crippen molar-refractivity contribution in [3.05, 3.63) is 0 Å². The van der Waals surface area contributed by atoms with Gasteiger partial charge in [-0.2, -0.15) is 0 Å². The minimum Gasteiger partial charge on any atom is -0.703 e. The summed E-state index contributed by atoms with van der Waals surface area (Å²) >= 11 is 16.6. The van der Waals surface area contributed by atoms with Crippen molar-refractivity contribution >= 4 is 68.6 Å². The molecule has 9 heteroatoms. The molecule has 0 spiro atoms. The molecular formula is F2P2S5-2. The van der Waals surface area contributed by atoms with E-state index in [1.165, 1.54) is 0 Å². The number of hydrogen-bond donors (Lipinski definition) is 0. The second-order valence-corrected chi connectivity index (χ2v) is 18.0. The standard InChI is InChI=1S/F2H2P2S5/c1-3(5,6)9-4(2,7)8/h(H,5,6)(H,7,8)/p-2. The zero-order valence-electron chi connectivity index (χ0n) is 3.69. The van der Waals surface area contributed by atoms with Crippen molar-refractivity contribution in [2.75, 3.05) is 0 Å². The fraction of sp³-hybridized carbons (Fsp3) is 0. The third-order valence-electron chi connectivity index (χ3n) is 0.195. The van der Waals surface area contributed by atoms with Gasteiger partial charge >= 0.3 is 0 Å². The summed E-state index contributed by atoms with van der Waals surface area (Å²) in [5.74, 6) is 0. The summed E-state index contributed by atoms with van der Waals surface area (Å²) in [5, 5.41) is 0. The van der Waals surface area contributed by atoms with Crippen molar-refractivity contribution in [2.24, 2.45) is 0 Å². The molecule has 0 saturated carbocycles. The van der Waals surface area contributed by atoms with Gasteiger partial charge in [0, 0.05) is 9.50 Å². The van der Waals surface area contributed by atoms with Gasteiger partial charge in [0.15, 0.2) is 0 Å². The first kappa shape index (κ1) is 11.2. The van der Waals surface area contributed by atoms with Gasteiger partial charge in [0.05, 0.1) is 0 Å². The number of hydrogen-bond acceptors (Lipinski definition) is 5. The average Bonchev–Trinajstić information content (AvgIpc) is 1.14. The molecule has 0 aromatic rings. The zero-order chi connectivity index (χ0) is 7.71. The lowest BCUT2D eigenvalue weighted by atomic mass is 18.9. The Balaban J connectivity index is 4.07. The molecule has 0 saturated heterocycles. The van der Waals surface area contributed by atoms with Gasteiger partial charge in [-0.1, -0.05) is 34.6 Å². The first-order chi connectivity index (χ1) is 3.71. The molecule has 0 aromatic heterocycles. The number of rotatable bonds is 2. The van der Waals surface area contributed by atoms with E-state index in [9.17, 15) is 8.39 Å². The Morgan fingerprint density at radius 2 is 1.33 bits per heavy atom. The van der Waals surface area contributed by atoms with Crippen LogP contribution in [0, 0.1) is 0 Å². The van der Waals surface area contributed by atoms with Crippen LogP contribution in [0.5, 0.6) is 0 Å². The monoisotopic (exact) mass is 260 g/mol. The van der Waals surface area contributed by atoms with Crippen LogP contribution in [-0.4, -0.2) is 0 Å². The Kier molecular flexibility index (Phi) is 4.66. The molecule has 2 unspecified atom stereocenters. The first-order valence-electron chi connectivity index (χ1n) is 1.43. The van der Waals surface area contributed by atoms with Crippen molar-refractivity contribution in [2.45, 2.75) is 0 Å². The van der Waals surface area contributed by atoms with Crippen LogP contribution < -0.4 is 0 Å². The molecule has 2 atom stereocenters. The number of halogens is 2. The molecule has 56 valence electrons. The minimum absolute atomic E-state index is 0.162. The molecule has 0 radical (unpaired) electrons. The van der Waals surface area contributed by atoms with Crippen LogP contribution in [-0.2, 0) is 48.1 Å². The predicted molar refractivity (Wildman–Crippen MR) is 53.1 cm³/mol. The summed E-state index contributed by atoms with van der Waals surface area (Å²) in [4.78, 5) is 0. The van der Waals surface area contributed by atoms with E-state index in [1.54, 1.807) is 0 Å². The van der Waals surface area contributed by atoms with Crippen LogP contribution >= 0.6 is 20.5 Å². The quantitative estimate of drug-likeness (QED) is 0.550. The Hall–Kier alpha value is 2.21. The highest BCUT2D eigenvalue weighted by Crippen LogP contribution is 2.77. The lowest BCUT2D eigenvalue weighted by Gasteiger charge is -2.24. The van der Waals surface area contributed by atoms with Crippen molar-refractivity contribution in [1.29, 1.82) is 0 Å². The van der Waals surface area contributed by atoms with E-state index in [-0.39, 0.29) is 11.0 Å². The first-order valence-corrected chi connectivity index (χ1v) is 10.9. The van der Waals surface area contributed by atoms with Crippen LogP contribution in [0.3, 0.4) is 0 Å². The molecule has 0 aromatic carbocycles. The molecule has 0 fully saturated rings. The van der Waals surface area contributed by atoms with Gasteiger partial charge in [0.1, 0.15) is 0 Å². The molecule has 0 bridgehead atoms. The Bertz CT molecular complexity index is 153. The maximum atomic E-state index is 12.2. The van der Waals surface area contributed by atoms with Gasteiger partial charge in [-0.3, -0.25) is 0 Å². The third kappa shape index (κ3) is 10.2. The van der Waals surface area contributed by atoms with Gasteiger partial charge < -0.3 is 24.5 Å². The normalized spacial score (nSPS) is 24.4. The Morgan fingerprint density at radius 1 is 1.11 bits per heavy atom. The molecule has 0 heterocycles. The lowest BCUT2D eigenvalue weighted by molar-refractivity contribution is 0.926. The van der Waals surface area contributed by atoms with Gasteiger partial charge in [-0.15, -0.1) is 0 Å². The highest BCUT2D eigenvalue weighted by molar-refractivity contribution is 9.16. The Morgan fingerprint density at radius 3 is 1.33 bits per heavy atom. The molecule has 9 heavy (non-hydrogen) atoms. The minimum atomic E-state index is -3.49. The highest BCUT2D eigenvalue weighted by Gasteiger charge is 2.04. The van der Waals surface area contributed by atoms with Gasteiger partial charge in [0.25, 0.3) is 0 Å². The van der Waals surface area contributed by atoms with Crippen LogP contribution in [0.25, 0.3) is 0 Å². The average molecular weight is 260 g/mol. The molecule has 0 N–H and O–H groups in total. The van der Waals surface area contributed by atoms with E-state index in [0.29, 0.717) is 0 Å².